The van der Waals surface area contributed by atoms with Gasteiger partial charge in [-0.15, -0.1) is 0 Å². The smallest absolute Gasteiger partial charge is 0.244 e. The van der Waals surface area contributed by atoms with Crippen LogP contribution in [0.1, 0.15) is 23.6 Å². The largest absolute Gasteiger partial charge is 0.497 e. The molecule has 0 spiro atoms. The van der Waals surface area contributed by atoms with Gasteiger partial charge >= 0.3 is 0 Å². The molecule has 1 N–H and O–H groups in total. The molecule has 5 heteroatoms. The topological polar surface area (TPSA) is 56.8 Å². The predicted molar refractivity (Wildman–Crippen MR) is 102 cm³/mol. The Bertz CT molecular complexity index is 733. The van der Waals surface area contributed by atoms with E-state index in [9.17, 15) is 4.79 Å². The van der Waals surface area contributed by atoms with Gasteiger partial charge in [0.05, 0.1) is 20.8 Å². The van der Waals surface area contributed by atoms with Gasteiger partial charge in [0.1, 0.15) is 11.5 Å². The van der Waals surface area contributed by atoms with Gasteiger partial charge in [0.2, 0.25) is 5.91 Å². The van der Waals surface area contributed by atoms with Crippen LogP contribution in [0, 0.1) is 0 Å². The van der Waals surface area contributed by atoms with Gasteiger partial charge in [-0.2, -0.15) is 0 Å². The highest BCUT2D eigenvalue weighted by atomic mass is 16.5. The average Bonchev–Trinajstić information content (AvgIpc) is 2.69. The summed E-state index contributed by atoms with van der Waals surface area (Å²) >= 11 is 0. The first-order chi connectivity index (χ1) is 12.7. The third-order valence-electron chi connectivity index (χ3n) is 3.83. The quantitative estimate of drug-likeness (QED) is 0.699. The summed E-state index contributed by atoms with van der Waals surface area (Å²) in [5, 5.41) is 2.90. The van der Waals surface area contributed by atoms with Gasteiger partial charge in [-0.05, 0) is 41.8 Å². The van der Waals surface area contributed by atoms with Crippen molar-refractivity contribution >= 4 is 12.0 Å². The van der Waals surface area contributed by atoms with Crippen molar-refractivity contribution < 1.29 is 19.0 Å². The van der Waals surface area contributed by atoms with E-state index >= 15 is 0 Å². The summed E-state index contributed by atoms with van der Waals surface area (Å²) in [6, 6.07) is 13.4. The predicted octanol–water partition coefficient (Wildman–Crippen LogP) is 3.57. The SMILES string of the molecule is CCOCc1ccccc1CNC(=O)/C=C/c1cc(OC)cc(OC)c1. The van der Waals surface area contributed by atoms with Crippen LogP contribution in [0.4, 0.5) is 0 Å². The lowest BCUT2D eigenvalue weighted by Gasteiger charge is -2.10. The molecule has 26 heavy (non-hydrogen) atoms. The van der Waals surface area contributed by atoms with Crippen molar-refractivity contribution in [2.75, 3.05) is 20.8 Å². The molecule has 0 bridgehead atoms. The van der Waals surface area contributed by atoms with Crippen LogP contribution in [0.3, 0.4) is 0 Å². The Hall–Kier alpha value is -2.79. The van der Waals surface area contributed by atoms with Gasteiger partial charge in [0.25, 0.3) is 0 Å². The van der Waals surface area contributed by atoms with Crippen molar-refractivity contribution in [2.45, 2.75) is 20.1 Å². The Morgan fingerprint density at radius 1 is 1.04 bits per heavy atom. The number of rotatable bonds is 9. The molecule has 0 saturated carbocycles. The Morgan fingerprint density at radius 3 is 2.31 bits per heavy atom. The number of ether oxygens (including phenoxy) is 3. The highest BCUT2D eigenvalue weighted by molar-refractivity contribution is 5.91. The number of nitrogens with one attached hydrogen (secondary N) is 1. The first-order valence-electron chi connectivity index (χ1n) is 8.49. The first kappa shape index (κ1) is 19.5. The summed E-state index contributed by atoms with van der Waals surface area (Å²) < 4.78 is 15.9. The molecule has 0 atom stereocenters. The van der Waals surface area contributed by atoms with E-state index < -0.39 is 0 Å². The number of amides is 1. The van der Waals surface area contributed by atoms with E-state index in [-0.39, 0.29) is 5.91 Å². The van der Waals surface area contributed by atoms with Gasteiger partial charge in [-0.25, -0.2) is 0 Å². The zero-order valence-electron chi connectivity index (χ0n) is 15.5. The van der Waals surface area contributed by atoms with Crippen LogP contribution >= 0.6 is 0 Å². The maximum Gasteiger partial charge on any atom is 0.244 e. The van der Waals surface area contributed by atoms with Crippen molar-refractivity contribution in [1.82, 2.24) is 5.32 Å². The molecule has 5 nitrogen and oxygen atoms in total. The molecule has 0 aliphatic carbocycles. The fourth-order valence-corrected chi connectivity index (χ4v) is 2.42. The van der Waals surface area contributed by atoms with Gasteiger partial charge in [0.15, 0.2) is 0 Å². The molecular weight excluding hydrogens is 330 g/mol. The van der Waals surface area contributed by atoms with Crippen molar-refractivity contribution in [2.24, 2.45) is 0 Å². The number of benzene rings is 2. The minimum absolute atomic E-state index is 0.169. The molecule has 2 rings (SSSR count). The third-order valence-corrected chi connectivity index (χ3v) is 3.83. The summed E-state index contributed by atoms with van der Waals surface area (Å²) in [4.78, 5) is 12.1. The van der Waals surface area contributed by atoms with E-state index in [1.807, 2.05) is 43.3 Å². The second-order valence-corrected chi connectivity index (χ2v) is 5.60. The summed E-state index contributed by atoms with van der Waals surface area (Å²) in [6.07, 6.45) is 3.23. The van der Waals surface area contributed by atoms with Crippen LogP contribution in [-0.4, -0.2) is 26.7 Å². The summed E-state index contributed by atoms with van der Waals surface area (Å²) in [7, 11) is 3.18. The third kappa shape index (κ3) is 5.93. The van der Waals surface area contributed by atoms with Gasteiger partial charge in [-0.3, -0.25) is 4.79 Å². The Kier molecular flexibility index (Phi) is 7.71. The van der Waals surface area contributed by atoms with Gasteiger partial charge in [-0.1, -0.05) is 24.3 Å². The number of carbonyl (C=O) groups is 1. The van der Waals surface area contributed by atoms with Crippen LogP contribution in [0.5, 0.6) is 11.5 Å². The second-order valence-electron chi connectivity index (χ2n) is 5.60. The average molecular weight is 355 g/mol. The molecule has 0 radical (unpaired) electrons. The minimum Gasteiger partial charge on any atom is -0.497 e. The molecule has 0 aliphatic heterocycles. The zero-order valence-corrected chi connectivity index (χ0v) is 15.5. The maximum absolute atomic E-state index is 12.1. The van der Waals surface area contributed by atoms with Crippen LogP contribution in [0.25, 0.3) is 6.08 Å². The Balaban J connectivity index is 1.98. The Morgan fingerprint density at radius 2 is 1.69 bits per heavy atom. The fraction of sp³-hybridized carbons (Fsp3) is 0.286. The van der Waals surface area contributed by atoms with E-state index in [4.69, 9.17) is 14.2 Å². The number of methoxy groups -OCH3 is 2. The molecule has 1 amide bonds. The zero-order chi connectivity index (χ0) is 18.8. The molecular formula is C21H25NO4. The van der Waals surface area contributed by atoms with E-state index in [2.05, 4.69) is 5.32 Å². The highest BCUT2D eigenvalue weighted by Gasteiger charge is 2.04. The van der Waals surface area contributed by atoms with Crippen molar-refractivity contribution in [3.63, 3.8) is 0 Å². The van der Waals surface area contributed by atoms with E-state index in [1.165, 1.54) is 6.08 Å². The minimum atomic E-state index is -0.169. The first-order valence-corrected chi connectivity index (χ1v) is 8.49. The lowest BCUT2D eigenvalue weighted by atomic mass is 10.1. The molecule has 0 aromatic heterocycles. The molecule has 0 heterocycles. The van der Waals surface area contributed by atoms with Gasteiger partial charge in [0, 0.05) is 25.3 Å². The lowest BCUT2D eigenvalue weighted by Crippen LogP contribution is -2.21. The molecule has 0 aliphatic rings. The molecule has 138 valence electrons. The molecule has 0 unspecified atom stereocenters. The molecule has 2 aromatic rings. The fourth-order valence-electron chi connectivity index (χ4n) is 2.42. The standard InChI is InChI=1S/C21H25NO4/c1-4-26-15-18-8-6-5-7-17(18)14-22-21(23)10-9-16-11-19(24-2)13-20(12-16)25-3/h5-13H,4,14-15H2,1-3H3,(H,22,23)/b10-9+. The number of hydrogen-bond donors (Lipinski definition) is 1. The van der Waals surface area contributed by atoms with Crippen LogP contribution < -0.4 is 14.8 Å². The van der Waals surface area contributed by atoms with Crippen LogP contribution in [0.2, 0.25) is 0 Å². The lowest BCUT2D eigenvalue weighted by molar-refractivity contribution is -0.116. The second kappa shape index (κ2) is 10.3. The maximum atomic E-state index is 12.1. The van der Waals surface area contributed by atoms with E-state index in [1.54, 1.807) is 26.4 Å². The van der Waals surface area contributed by atoms with Crippen molar-refractivity contribution in [1.29, 1.82) is 0 Å². The monoisotopic (exact) mass is 355 g/mol. The van der Waals surface area contributed by atoms with Crippen molar-refractivity contribution in [3.05, 3.63) is 65.2 Å². The van der Waals surface area contributed by atoms with Crippen molar-refractivity contribution in [3.8, 4) is 11.5 Å². The normalized spacial score (nSPS) is 10.7. The molecule has 0 fully saturated rings. The van der Waals surface area contributed by atoms with Crippen LogP contribution in [0.15, 0.2) is 48.5 Å². The number of carbonyl (C=O) groups excluding carboxylic acids is 1. The molecule has 0 saturated heterocycles. The van der Waals surface area contributed by atoms with E-state index in [0.29, 0.717) is 31.3 Å². The van der Waals surface area contributed by atoms with Crippen LogP contribution in [-0.2, 0) is 22.7 Å². The number of hydrogen-bond acceptors (Lipinski definition) is 4. The summed E-state index contributed by atoms with van der Waals surface area (Å²) in [6.45, 7) is 3.62. The summed E-state index contributed by atoms with van der Waals surface area (Å²) in [5.41, 5.74) is 2.95. The Labute approximate surface area is 154 Å². The molecule has 2 aromatic carbocycles. The highest BCUT2D eigenvalue weighted by Crippen LogP contribution is 2.23. The summed E-state index contributed by atoms with van der Waals surface area (Å²) in [5.74, 6) is 1.18. The van der Waals surface area contributed by atoms with E-state index in [0.717, 1.165) is 16.7 Å². The van der Waals surface area contributed by atoms with Gasteiger partial charge < -0.3 is 19.5 Å².